The zero-order chi connectivity index (χ0) is 12.5. The first kappa shape index (κ1) is 11.1. The third-order valence-corrected chi connectivity index (χ3v) is 3.37. The molecule has 2 N–H and O–H groups in total. The molecule has 0 saturated carbocycles. The zero-order valence-electron chi connectivity index (χ0n) is 9.90. The number of hydrogen-bond acceptors (Lipinski definition) is 2. The molecule has 3 rings (SSSR count). The van der Waals surface area contributed by atoms with Crippen molar-refractivity contribution in [3.63, 3.8) is 0 Å². The lowest BCUT2D eigenvalue weighted by molar-refractivity contribution is 0.276. The van der Waals surface area contributed by atoms with Gasteiger partial charge >= 0.3 is 0 Å². The number of nitrogens with two attached hydrogens (primary N) is 1. The Bertz CT molecular complexity index is 582. The van der Waals surface area contributed by atoms with Crippen LogP contribution < -0.4 is 10.5 Å². The van der Waals surface area contributed by atoms with Gasteiger partial charge in [-0.2, -0.15) is 0 Å². The topological polar surface area (TPSA) is 35.2 Å². The van der Waals surface area contributed by atoms with Crippen LogP contribution in [0, 0.1) is 5.82 Å². The third-order valence-electron chi connectivity index (χ3n) is 3.37. The van der Waals surface area contributed by atoms with Gasteiger partial charge < -0.3 is 10.5 Å². The van der Waals surface area contributed by atoms with Crippen LogP contribution in [0.1, 0.15) is 17.0 Å². The normalized spacial score (nSPS) is 16.8. The molecule has 2 nitrogen and oxygen atoms in total. The van der Waals surface area contributed by atoms with Crippen molar-refractivity contribution in [1.29, 1.82) is 0 Å². The summed E-state index contributed by atoms with van der Waals surface area (Å²) in [6.07, 6.45) is 1.04. The Morgan fingerprint density at radius 3 is 2.83 bits per heavy atom. The zero-order valence-corrected chi connectivity index (χ0v) is 9.90. The number of anilines is 1. The Morgan fingerprint density at radius 2 is 2.06 bits per heavy atom. The van der Waals surface area contributed by atoms with Crippen LogP contribution in [-0.2, 0) is 6.42 Å². The molecule has 1 unspecified atom stereocenters. The third kappa shape index (κ3) is 1.92. The van der Waals surface area contributed by atoms with Gasteiger partial charge in [-0.15, -0.1) is 0 Å². The first-order chi connectivity index (χ1) is 8.74. The smallest absolute Gasteiger partial charge is 0.142 e. The van der Waals surface area contributed by atoms with Gasteiger partial charge in [-0.25, -0.2) is 4.39 Å². The Kier molecular flexibility index (Phi) is 2.67. The molecular weight excluding hydrogens is 229 g/mol. The van der Waals surface area contributed by atoms with Gasteiger partial charge in [-0.1, -0.05) is 24.3 Å². The van der Waals surface area contributed by atoms with Gasteiger partial charge in [0.05, 0.1) is 12.3 Å². The van der Waals surface area contributed by atoms with Gasteiger partial charge in [0.1, 0.15) is 11.6 Å². The molecule has 2 aromatic carbocycles. The number of nitrogen functional groups attached to an aromatic ring is 1. The number of benzene rings is 2. The summed E-state index contributed by atoms with van der Waals surface area (Å²) >= 11 is 0. The number of rotatable bonds is 3. The molecule has 3 heteroatoms. The van der Waals surface area contributed by atoms with Crippen LogP contribution in [0.4, 0.5) is 10.1 Å². The molecule has 0 saturated heterocycles. The van der Waals surface area contributed by atoms with Crippen molar-refractivity contribution in [1.82, 2.24) is 0 Å². The lowest BCUT2D eigenvalue weighted by atomic mass is 9.78. The van der Waals surface area contributed by atoms with Crippen molar-refractivity contribution >= 4 is 5.69 Å². The standard InChI is InChI=1S/C15H14FNO/c16-12-5-6-15(14(17)8-12)18-9-11-7-10-3-1-2-4-13(10)11/h1-6,8,11H,7,9,17H2. The molecular formula is C15H14FNO. The van der Waals surface area contributed by atoms with E-state index in [1.807, 2.05) is 12.1 Å². The molecule has 0 bridgehead atoms. The Labute approximate surface area is 105 Å². The van der Waals surface area contributed by atoms with Gasteiger partial charge in [-0.05, 0) is 29.7 Å². The van der Waals surface area contributed by atoms with Crippen molar-refractivity contribution in [2.75, 3.05) is 12.3 Å². The fourth-order valence-corrected chi connectivity index (χ4v) is 2.35. The fraction of sp³-hybridized carbons (Fsp3) is 0.200. The molecule has 1 aliphatic rings. The molecule has 18 heavy (non-hydrogen) atoms. The minimum Gasteiger partial charge on any atom is -0.491 e. The highest BCUT2D eigenvalue weighted by atomic mass is 19.1. The predicted molar refractivity (Wildman–Crippen MR) is 69.2 cm³/mol. The molecule has 0 radical (unpaired) electrons. The van der Waals surface area contributed by atoms with E-state index in [4.69, 9.17) is 10.5 Å². The number of halogens is 1. The van der Waals surface area contributed by atoms with E-state index in [1.54, 1.807) is 6.07 Å². The SMILES string of the molecule is Nc1cc(F)ccc1OCC1Cc2ccccc21. The van der Waals surface area contributed by atoms with E-state index in [1.165, 1.54) is 23.3 Å². The van der Waals surface area contributed by atoms with E-state index in [2.05, 4.69) is 12.1 Å². The molecule has 0 aromatic heterocycles. The minimum atomic E-state index is -0.339. The maximum Gasteiger partial charge on any atom is 0.142 e. The quantitative estimate of drug-likeness (QED) is 0.840. The van der Waals surface area contributed by atoms with Gasteiger partial charge in [0, 0.05) is 12.0 Å². The molecule has 92 valence electrons. The van der Waals surface area contributed by atoms with Crippen LogP contribution in [-0.4, -0.2) is 6.61 Å². The summed E-state index contributed by atoms with van der Waals surface area (Å²) in [6, 6.07) is 12.6. The minimum absolute atomic E-state index is 0.339. The predicted octanol–water partition coefficient (Wildman–Crippen LogP) is 3.13. The van der Waals surface area contributed by atoms with Gasteiger partial charge in [0.2, 0.25) is 0 Å². The highest BCUT2D eigenvalue weighted by Gasteiger charge is 2.25. The second kappa shape index (κ2) is 4.33. The summed E-state index contributed by atoms with van der Waals surface area (Å²) in [5.41, 5.74) is 8.78. The number of fused-ring (bicyclic) bond motifs is 1. The monoisotopic (exact) mass is 243 g/mol. The van der Waals surface area contributed by atoms with Crippen LogP contribution in [0.25, 0.3) is 0 Å². The molecule has 0 spiro atoms. The van der Waals surface area contributed by atoms with Gasteiger partial charge in [-0.3, -0.25) is 0 Å². The Balaban J connectivity index is 1.66. The van der Waals surface area contributed by atoms with Crippen LogP contribution in [0.2, 0.25) is 0 Å². The first-order valence-corrected chi connectivity index (χ1v) is 5.99. The maximum atomic E-state index is 12.9. The van der Waals surface area contributed by atoms with Gasteiger partial charge in [0.25, 0.3) is 0 Å². The van der Waals surface area contributed by atoms with E-state index >= 15 is 0 Å². The largest absolute Gasteiger partial charge is 0.491 e. The maximum absolute atomic E-state index is 12.9. The molecule has 0 amide bonds. The summed E-state index contributed by atoms with van der Waals surface area (Å²) in [5.74, 6) is 0.639. The van der Waals surface area contributed by atoms with Crippen molar-refractivity contribution in [2.45, 2.75) is 12.3 Å². The van der Waals surface area contributed by atoms with Crippen LogP contribution in [0.5, 0.6) is 5.75 Å². The van der Waals surface area contributed by atoms with Crippen molar-refractivity contribution < 1.29 is 9.13 Å². The highest BCUT2D eigenvalue weighted by molar-refractivity contribution is 5.52. The van der Waals surface area contributed by atoms with Gasteiger partial charge in [0.15, 0.2) is 0 Å². The summed E-state index contributed by atoms with van der Waals surface area (Å²) in [7, 11) is 0. The second-order valence-corrected chi connectivity index (χ2v) is 4.59. The summed E-state index contributed by atoms with van der Waals surface area (Å²) < 4.78 is 18.5. The van der Waals surface area contributed by atoms with Crippen molar-refractivity contribution in [3.8, 4) is 5.75 Å². The number of hydrogen-bond donors (Lipinski definition) is 1. The van der Waals surface area contributed by atoms with Crippen LogP contribution >= 0.6 is 0 Å². The summed E-state index contributed by atoms with van der Waals surface area (Å²) in [4.78, 5) is 0. The summed E-state index contributed by atoms with van der Waals surface area (Å²) in [5, 5.41) is 0. The van der Waals surface area contributed by atoms with Crippen LogP contribution in [0.15, 0.2) is 42.5 Å². The Hall–Kier alpha value is -2.03. The van der Waals surface area contributed by atoms with E-state index in [-0.39, 0.29) is 5.82 Å². The van der Waals surface area contributed by atoms with Crippen LogP contribution in [0.3, 0.4) is 0 Å². The molecule has 0 fully saturated rings. The van der Waals surface area contributed by atoms with E-state index in [9.17, 15) is 4.39 Å². The van der Waals surface area contributed by atoms with Crippen molar-refractivity contribution in [3.05, 3.63) is 59.4 Å². The fourth-order valence-electron chi connectivity index (χ4n) is 2.35. The highest BCUT2D eigenvalue weighted by Crippen LogP contribution is 2.35. The average Bonchev–Trinajstić information content (AvgIpc) is 2.33. The lowest BCUT2D eigenvalue weighted by Gasteiger charge is -2.30. The van der Waals surface area contributed by atoms with E-state index in [0.29, 0.717) is 24.0 Å². The summed E-state index contributed by atoms with van der Waals surface area (Å²) in [6.45, 7) is 0.590. The lowest BCUT2D eigenvalue weighted by Crippen LogP contribution is -2.23. The Morgan fingerprint density at radius 1 is 1.22 bits per heavy atom. The number of ether oxygens (including phenoxy) is 1. The van der Waals surface area contributed by atoms with E-state index < -0.39 is 0 Å². The molecule has 0 aliphatic heterocycles. The second-order valence-electron chi connectivity index (χ2n) is 4.59. The molecule has 1 aliphatic carbocycles. The van der Waals surface area contributed by atoms with E-state index in [0.717, 1.165) is 6.42 Å². The van der Waals surface area contributed by atoms with Crippen molar-refractivity contribution in [2.24, 2.45) is 0 Å². The first-order valence-electron chi connectivity index (χ1n) is 5.99. The molecule has 0 heterocycles. The molecule has 2 aromatic rings. The molecule has 1 atom stereocenters. The average molecular weight is 243 g/mol.